The minimum Gasteiger partial charge on any atom is -0.368 e. The number of carbonyl (C=O) groups excluding carboxylic acids is 5. The molecule has 0 aliphatic heterocycles. The van der Waals surface area contributed by atoms with Gasteiger partial charge in [-0.2, -0.15) is 0 Å². The van der Waals surface area contributed by atoms with Gasteiger partial charge in [-0.15, -0.1) is 0 Å². The number of hydrogen-bond acceptors (Lipinski definition) is 7. The molecule has 0 aromatic carbocycles. The molecule has 0 spiro atoms. The average Bonchev–Trinajstić information content (AvgIpc) is 3.00. The summed E-state index contributed by atoms with van der Waals surface area (Å²) in [6, 6.07) is -1.61. The molecule has 2 atom stereocenters. The fourth-order valence-electron chi connectivity index (χ4n) is 4.89. The molecule has 0 aromatic heterocycles. The molecule has 2 unspecified atom stereocenters. The molecular weight excluding hydrogens is 562 g/mol. The Morgan fingerprint density at radius 2 is 0.977 bits per heavy atom. The summed E-state index contributed by atoms with van der Waals surface area (Å²) in [5.74, 6) is -2.45. The van der Waals surface area contributed by atoms with Gasteiger partial charge in [-0.1, -0.05) is 84.0 Å². The van der Waals surface area contributed by atoms with Crippen LogP contribution < -0.4 is 38.5 Å². The Morgan fingerprint density at radius 1 is 0.523 bits per heavy atom. The topological polar surface area (TPSA) is 212 Å². The van der Waals surface area contributed by atoms with E-state index in [2.05, 4.69) is 28.2 Å². The number of carbonyl (C=O) groups is 5. The molecule has 0 fully saturated rings. The Kier molecular flexibility index (Phi) is 27.2. The van der Waals surface area contributed by atoms with Crippen molar-refractivity contribution in [2.45, 2.75) is 147 Å². The fourth-order valence-corrected chi connectivity index (χ4v) is 4.89. The monoisotopic (exact) mass is 625 g/mol. The third kappa shape index (κ3) is 24.7. The number of unbranched alkanes of at least 4 members (excludes halogenated alkanes) is 14. The van der Waals surface area contributed by atoms with E-state index >= 15 is 0 Å². The van der Waals surface area contributed by atoms with Crippen molar-refractivity contribution in [2.75, 3.05) is 26.2 Å². The van der Waals surface area contributed by atoms with E-state index < -0.39 is 35.7 Å². The lowest BCUT2D eigenvalue weighted by atomic mass is 10.0. The quantitative estimate of drug-likeness (QED) is 0.0592. The third-order valence-electron chi connectivity index (χ3n) is 7.60. The van der Waals surface area contributed by atoms with E-state index in [0.717, 1.165) is 19.3 Å². The van der Waals surface area contributed by atoms with Crippen molar-refractivity contribution in [2.24, 2.45) is 17.2 Å². The molecule has 256 valence electrons. The number of rotatable bonds is 30. The molecule has 0 aromatic rings. The van der Waals surface area contributed by atoms with E-state index in [1.165, 1.54) is 64.2 Å². The van der Waals surface area contributed by atoms with Crippen molar-refractivity contribution >= 4 is 29.5 Å². The summed E-state index contributed by atoms with van der Waals surface area (Å²) in [7, 11) is 0. The van der Waals surface area contributed by atoms with E-state index in [9.17, 15) is 24.0 Å². The molecule has 12 nitrogen and oxygen atoms in total. The van der Waals surface area contributed by atoms with Crippen LogP contribution in [-0.4, -0.2) is 67.8 Å². The maximum absolute atomic E-state index is 12.8. The lowest BCUT2D eigenvalue weighted by molar-refractivity contribution is -0.131. The molecule has 12 heteroatoms. The van der Waals surface area contributed by atoms with Crippen molar-refractivity contribution < 1.29 is 24.0 Å². The predicted octanol–water partition coefficient (Wildman–Crippen LogP) is 2.41. The second kappa shape index (κ2) is 29.0. The second-order valence-electron chi connectivity index (χ2n) is 11.7. The molecule has 0 saturated carbocycles. The zero-order chi connectivity index (χ0) is 32.8. The fraction of sp³-hybridized carbons (Fsp3) is 0.844. The van der Waals surface area contributed by atoms with Crippen LogP contribution in [0.25, 0.3) is 0 Å². The van der Waals surface area contributed by atoms with E-state index in [1.54, 1.807) is 0 Å². The zero-order valence-corrected chi connectivity index (χ0v) is 27.4. The van der Waals surface area contributed by atoms with Gasteiger partial charge in [0.1, 0.15) is 12.1 Å². The highest BCUT2D eigenvalue weighted by Crippen LogP contribution is 2.13. The van der Waals surface area contributed by atoms with E-state index in [1.807, 2.05) is 0 Å². The molecule has 0 aliphatic carbocycles. The minimum atomic E-state index is -0.844. The van der Waals surface area contributed by atoms with Crippen molar-refractivity contribution in [1.82, 2.24) is 21.3 Å². The molecule has 0 radical (unpaired) electrons. The first kappa shape index (κ1) is 41.3. The van der Waals surface area contributed by atoms with Crippen LogP contribution in [0.3, 0.4) is 0 Å². The van der Waals surface area contributed by atoms with Gasteiger partial charge in [0.2, 0.25) is 29.5 Å². The Morgan fingerprint density at radius 3 is 1.48 bits per heavy atom. The number of nitrogens with one attached hydrogen (secondary N) is 4. The van der Waals surface area contributed by atoms with Gasteiger partial charge in [-0.05, 0) is 58.0 Å². The van der Waals surface area contributed by atoms with Crippen molar-refractivity contribution in [3.63, 3.8) is 0 Å². The van der Waals surface area contributed by atoms with Crippen LogP contribution in [0.15, 0.2) is 0 Å². The van der Waals surface area contributed by atoms with Crippen molar-refractivity contribution in [3.8, 4) is 0 Å². The minimum absolute atomic E-state index is 0.183. The lowest BCUT2D eigenvalue weighted by Crippen LogP contribution is -2.51. The molecule has 0 heterocycles. The van der Waals surface area contributed by atoms with Crippen LogP contribution in [0.5, 0.6) is 0 Å². The number of nitrogens with two attached hydrogens (primary N) is 3. The Balaban J connectivity index is 4.31. The van der Waals surface area contributed by atoms with Crippen LogP contribution in [0.1, 0.15) is 135 Å². The summed E-state index contributed by atoms with van der Waals surface area (Å²) in [6.07, 6.45) is 19.8. The molecule has 0 bridgehead atoms. The predicted molar refractivity (Wildman–Crippen MR) is 175 cm³/mol. The summed E-state index contributed by atoms with van der Waals surface area (Å²) in [5, 5.41) is 10.2. The Bertz CT molecular complexity index is 797. The largest absolute Gasteiger partial charge is 0.368 e. The van der Waals surface area contributed by atoms with Gasteiger partial charge in [0, 0.05) is 6.42 Å². The van der Waals surface area contributed by atoms with Gasteiger partial charge in [0.15, 0.2) is 0 Å². The standard InChI is InChI=1S/C32H63N7O5/c1-2-3-4-5-6-7-8-9-10-11-12-13-14-21-28(40)39-27(20-16-18-23-34)32(44)37-24-29(41)36-25-30(42)38-26(31(35)43)19-15-17-22-33/h26-27H,2-25,33-34H2,1H3,(H2,35,43)(H,36,41)(H,37,44)(H,38,42)(H,39,40). The Hall–Kier alpha value is -2.73. The van der Waals surface area contributed by atoms with E-state index in [4.69, 9.17) is 17.2 Å². The zero-order valence-electron chi connectivity index (χ0n) is 27.4. The SMILES string of the molecule is CCCCCCCCCCCCCCCC(=O)NC(CCCCN)C(=O)NCC(=O)NCC(=O)NC(CCCCN)C(N)=O. The van der Waals surface area contributed by atoms with Crippen LogP contribution in [-0.2, 0) is 24.0 Å². The molecule has 10 N–H and O–H groups in total. The van der Waals surface area contributed by atoms with Crippen LogP contribution in [0, 0.1) is 0 Å². The molecule has 0 rings (SSSR count). The van der Waals surface area contributed by atoms with Crippen LogP contribution in [0.4, 0.5) is 0 Å². The van der Waals surface area contributed by atoms with Crippen LogP contribution >= 0.6 is 0 Å². The number of hydrogen-bond donors (Lipinski definition) is 7. The summed E-state index contributed by atoms with van der Waals surface area (Å²) in [5.41, 5.74) is 16.4. The smallest absolute Gasteiger partial charge is 0.243 e. The summed E-state index contributed by atoms with van der Waals surface area (Å²) in [4.78, 5) is 61.2. The van der Waals surface area contributed by atoms with Crippen LogP contribution in [0.2, 0.25) is 0 Å². The Labute approximate surface area is 265 Å². The number of primary amides is 1. The first-order valence-electron chi connectivity index (χ1n) is 17.1. The molecule has 44 heavy (non-hydrogen) atoms. The summed E-state index contributed by atoms with van der Waals surface area (Å²) in [6.45, 7) is 2.47. The second-order valence-corrected chi connectivity index (χ2v) is 11.7. The van der Waals surface area contributed by atoms with Gasteiger partial charge in [-0.3, -0.25) is 24.0 Å². The average molecular weight is 626 g/mol. The van der Waals surface area contributed by atoms with Crippen molar-refractivity contribution in [1.29, 1.82) is 0 Å². The first-order chi connectivity index (χ1) is 21.2. The molecule has 0 aliphatic rings. The maximum Gasteiger partial charge on any atom is 0.243 e. The van der Waals surface area contributed by atoms with Gasteiger partial charge in [-0.25, -0.2) is 0 Å². The number of amides is 5. The maximum atomic E-state index is 12.8. The van der Waals surface area contributed by atoms with Gasteiger partial charge < -0.3 is 38.5 Å². The molecular formula is C32H63N7O5. The third-order valence-corrected chi connectivity index (χ3v) is 7.60. The van der Waals surface area contributed by atoms with Gasteiger partial charge >= 0.3 is 0 Å². The molecule has 0 saturated heterocycles. The van der Waals surface area contributed by atoms with Gasteiger partial charge in [0.05, 0.1) is 13.1 Å². The highest BCUT2D eigenvalue weighted by molar-refractivity contribution is 5.92. The van der Waals surface area contributed by atoms with Gasteiger partial charge in [0.25, 0.3) is 0 Å². The van der Waals surface area contributed by atoms with E-state index in [-0.39, 0.29) is 19.0 Å². The summed E-state index contributed by atoms with van der Waals surface area (Å²) < 4.78 is 0. The normalized spacial score (nSPS) is 12.2. The summed E-state index contributed by atoms with van der Waals surface area (Å²) >= 11 is 0. The van der Waals surface area contributed by atoms with Crippen molar-refractivity contribution in [3.05, 3.63) is 0 Å². The first-order valence-corrected chi connectivity index (χ1v) is 17.1. The lowest BCUT2D eigenvalue weighted by Gasteiger charge is -2.19. The molecule has 5 amide bonds. The highest BCUT2D eigenvalue weighted by atomic mass is 16.2. The highest BCUT2D eigenvalue weighted by Gasteiger charge is 2.21. The van der Waals surface area contributed by atoms with E-state index in [0.29, 0.717) is 58.0 Å².